The van der Waals surface area contributed by atoms with E-state index in [2.05, 4.69) is 5.16 Å². The van der Waals surface area contributed by atoms with Gasteiger partial charge in [0.25, 0.3) is 0 Å². The van der Waals surface area contributed by atoms with Crippen LogP contribution in [-0.4, -0.2) is 11.0 Å². The van der Waals surface area contributed by atoms with E-state index in [4.69, 9.17) is 15.7 Å². The number of amidine groups is 1. The molecule has 0 saturated heterocycles. The molecular formula is C13H10F2N2O2. The molecule has 0 bridgehead atoms. The number of hydrogen-bond donors (Lipinski definition) is 2. The fraction of sp³-hybridized carbons (Fsp3) is 0. The molecule has 19 heavy (non-hydrogen) atoms. The lowest BCUT2D eigenvalue weighted by Crippen LogP contribution is -2.12. The van der Waals surface area contributed by atoms with Crippen molar-refractivity contribution in [3.8, 4) is 11.5 Å². The van der Waals surface area contributed by atoms with Crippen LogP contribution in [0.3, 0.4) is 0 Å². The largest absolute Gasteiger partial charge is 0.454 e. The minimum absolute atomic E-state index is 0.0421. The molecule has 2 rings (SSSR count). The van der Waals surface area contributed by atoms with Crippen molar-refractivity contribution in [1.82, 2.24) is 0 Å². The first-order chi connectivity index (χ1) is 9.10. The van der Waals surface area contributed by atoms with Gasteiger partial charge in [-0.1, -0.05) is 5.16 Å². The molecule has 3 N–H and O–H groups in total. The third-order valence-electron chi connectivity index (χ3n) is 2.38. The number of nitrogens with zero attached hydrogens (tertiary/aromatic N) is 1. The lowest BCUT2D eigenvalue weighted by molar-refractivity contribution is 0.318. The number of rotatable bonds is 3. The molecule has 2 aromatic carbocycles. The van der Waals surface area contributed by atoms with Gasteiger partial charge in [-0.2, -0.15) is 0 Å². The highest BCUT2D eigenvalue weighted by molar-refractivity contribution is 5.97. The first-order valence-electron chi connectivity index (χ1n) is 5.31. The molecule has 0 aliphatic carbocycles. The van der Waals surface area contributed by atoms with Crippen molar-refractivity contribution in [2.24, 2.45) is 10.9 Å². The zero-order valence-corrected chi connectivity index (χ0v) is 9.68. The topological polar surface area (TPSA) is 67.8 Å². The van der Waals surface area contributed by atoms with E-state index in [-0.39, 0.29) is 11.6 Å². The Balaban J connectivity index is 2.20. The highest BCUT2D eigenvalue weighted by Gasteiger charge is 2.06. The van der Waals surface area contributed by atoms with Gasteiger partial charge >= 0.3 is 0 Å². The van der Waals surface area contributed by atoms with E-state index in [0.717, 1.165) is 12.1 Å². The Kier molecular flexibility index (Phi) is 3.61. The quantitative estimate of drug-likeness (QED) is 0.387. The summed E-state index contributed by atoms with van der Waals surface area (Å²) in [5, 5.41) is 11.3. The second-order valence-electron chi connectivity index (χ2n) is 3.69. The predicted octanol–water partition coefficient (Wildman–Crippen LogP) is 2.85. The third kappa shape index (κ3) is 2.98. The molecule has 0 saturated carbocycles. The molecule has 2 aromatic rings. The van der Waals surface area contributed by atoms with Crippen LogP contribution in [0.5, 0.6) is 11.5 Å². The number of hydrogen-bond acceptors (Lipinski definition) is 3. The number of nitrogens with two attached hydrogens (primary N) is 1. The summed E-state index contributed by atoms with van der Waals surface area (Å²) in [6.45, 7) is 0. The van der Waals surface area contributed by atoms with Gasteiger partial charge in [-0.05, 0) is 36.4 Å². The molecule has 98 valence electrons. The fourth-order valence-electron chi connectivity index (χ4n) is 1.44. The normalized spacial score (nSPS) is 11.4. The highest BCUT2D eigenvalue weighted by Crippen LogP contribution is 2.25. The SMILES string of the molecule is N/C(=N\O)c1ccc(Oc2ccc(F)cc2F)cc1. The van der Waals surface area contributed by atoms with Crippen LogP contribution < -0.4 is 10.5 Å². The van der Waals surface area contributed by atoms with Crippen molar-refractivity contribution in [2.45, 2.75) is 0 Å². The van der Waals surface area contributed by atoms with E-state index >= 15 is 0 Å². The summed E-state index contributed by atoms with van der Waals surface area (Å²) < 4.78 is 31.3. The molecule has 0 aliphatic rings. The van der Waals surface area contributed by atoms with Crippen LogP contribution in [0.1, 0.15) is 5.56 Å². The Hall–Kier alpha value is -2.63. The minimum atomic E-state index is -0.791. The molecule has 0 aliphatic heterocycles. The minimum Gasteiger partial charge on any atom is -0.454 e. The summed E-state index contributed by atoms with van der Waals surface area (Å²) in [7, 11) is 0. The van der Waals surface area contributed by atoms with Crippen molar-refractivity contribution in [3.63, 3.8) is 0 Å². The Morgan fingerprint density at radius 2 is 1.79 bits per heavy atom. The molecule has 0 radical (unpaired) electrons. The van der Waals surface area contributed by atoms with Gasteiger partial charge in [0.05, 0.1) is 0 Å². The molecule has 0 aromatic heterocycles. The van der Waals surface area contributed by atoms with Crippen molar-refractivity contribution in [1.29, 1.82) is 0 Å². The second kappa shape index (κ2) is 5.34. The van der Waals surface area contributed by atoms with Crippen molar-refractivity contribution in [2.75, 3.05) is 0 Å². The lowest BCUT2D eigenvalue weighted by atomic mass is 10.2. The Bertz CT molecular complexity index is 613. The van der Waals surface area contributed by atoms with Crippen LogP contribution in [0, 0.1) is 11.6 Å². The van der Waals surface area contributed by atoms with Gasteiger partial charge in [-0.15, -0.1) is 0 Å². The van der Waals surface area contributed by atoms with Crippen LogP contribution in [0.15, 0.2) is 47.6 Å². The van der Waals surface area contributed by atoms with Gasteiger partial charge in [0.15, 0.2) is 17.4 Å². The van der Waals surface area contributed by atoms with Gasteiger partial charge in [0.2, 0.25) is 0 Å². The average Bonchev–Trinajstić information content (AvgIpc) is 2.42. The van der Waals surface area contributed by atoms with E-state index in [1.807, 2.05) is 0 Å². The first kappa shape index (κ1) is 12.8. The Morgan fingerprint density at radius 1 is 1.11 bits per heavy atom. The molecule has 4 nitrogen and oxygen atoms in total. The summed E-state index contributed by atoms with van der Waals surface area (Å²) in [6, 6.07) is 9.18. The Labute approximate surface area is 107 Å². The van der Waals surface area contributed by atoms with Crippen molar-refractivity contribution in [3.05, 3.63) is 59.7 Å². The van der Waals surface area contributed by atoms with Gasteiger partial charge in [0.1, 0.15) is 11.6 Å². The maximum atomic E-state index is 13.4. The van der Waals surface area contributed by atoms with Crippen LogP contribution in [0.2, 0.25) is 0 Å². The van der Waals surface area contributed by atoms with E-state index in [0.29, 0.717) is 11.3 Å². The van der Waals surface area contributed by atoms with E-state index < -0.39 is 11.6 Å². The smallest absolute Gasteiger partial charge is 0.170 e. The Morgan fingerprint density at radius 3 is 2.37 bits per heavy atom. The van der Waals surface area contributed by atoms with Gasteiger partial charge < -0.3 is 15.7 Å². The monoisotopic (exact) mass is 264 g/mol. The molecule has 6 heteroatoms. The van der Waals surface area contributed by atoms with Crippen LogP contribution in [-0.2, 0) is 0 Å². The number of ether oxygens (including phenoxy) is 1. The molecular weight excluding hydrogens is 254 g/mol. The van der Waals surface area contributed by atoms with E-state index in [9.17, 15) is 8.78 Å². The first-order valence-corrected chi connectivity index (χ1v) is 5.31. The maximum absolute atomic E-state index is 13.4. The standard InChI is InChI=1S/C13H10F2N2O2/c14-9-3-6-12(11(15)7-9)19-10-4-1-8(2-5-10)13(16)17-18/h1-7,18H,(H2,16,17). The number of oxime groups is 1. The van der Waals surface area contributed by atoms with Crippen LogP contribution >= 0.6 is 0 Å². The number of halogens is 2. The zero-order chi connectivity index (χ0) is 13.8. The maximum Gasteiger partial charge on any atom is 0.170 e. The van der Waals surface area contributed by atoms with E-state index in [1.165, 1.54) is 18.2 Å². The third-order valence-corrected chi connectivity index (χ3v) is 2.38. The van der Waals surface area contributed by atoms with Gasteiger partial charge in [0, 0.05) is 11.6 Å². The molecule has 0 fully saturated rings. The second-order valence-corrected chi connectivity index (χ2v) is 3.69. The molecule has 0 atom stereocenters. The summed E-state index contributed by atoms with van der Waals surface area (Å²) >= 11 is 0. The summed E-state index contributed by atoms with van der Waals surface area (Å²) in [5.74, 6) is -1.25. The summed E-state index contributed by atoms with van der Waals surface area (Å²) in [4.78, 5) is 0. The fourth-order valence-corrected chi connectivity index (χ4v) is 1.44. The van der Waals surface area contributed by atoms with Crippen LogP contribution in [0.25, 0.3) is 0 Å². The highest BCUT2D eigenvalue weighted by atomic mass is 19.1. The van der Waals surface area contributed by atoms with E-state index in [1.54, 1.807) is 12.1 Å². The van der Waals surface area contributed by atoms with Crippen LogP contribution in [0.4, 0.5) is 8.78 Å². The van der Waals surface area contributed by atoms with Crippen molar-refractivity contribution >= 4 is 5.84 Å². The zero-order valence-electron chi connectivity index (χ0n) is 9.68. The number of benzene rings is 2. The molecule has 0 unspecified atom stereocenters. The summed E-state index contributed by atoms with van der Waals surface area (Å²) in [6.07, 6.45) is 0. The van der Waals surface area contributed by atoms with Gasteiger partial charge in [-0.25, -0.2) is 8.78 Å². The average molecular weight is 264 g/mol. The van der Waals surface area contributed by atoms with Crippen molar-refractivity contribution < 1.29 is 18.7 Å². The summed E-state index contributed by atoms with van der Waals surface area (Å²) in [5.41, 5.74) is 5.89. The molecule has 0 amide bonds. The molecule has 0 spiro atoms. The lowest BCUT2D eigenvalue weighted by Gasteiger charge is -2.07. The molecule has 0 heterocycles. The van der Waals surface area contributed by atoms with Gasteiger partial charge in [-0.3, -0.25) is 0 Å². The predicted molar refractivity (Wildman–Crippen MR) is 65.4 cm³/mol.